The van der Waals surface area contributed by atoms with Crippen LogP contribution >= 0.6 is 0 Å². The quantitative estimate of drug-likeness (QED) is 0.805. The van der Waals surface area contributed by atoms with Crippen LogP contribution in [0.5, 0.6) is 11.5 Å². The van der Waals surface area contributed by atoms with Gasteiger partial charge in [-0.2, -0.15) is 0 Å². The highest BCUT2D eigenvalue weighted by molar-refractivity contribution is 5.46. The summed E-state index contributed by atoms with van der Waals surface area (Å²) in [4.78, 5) is 0. The van der Waals surface area contributed by atoms with Crippen molar-refractivity contribution in [2.24, 2.45) is 5.73 Å². The molecular formula is C12H19NO2. The van der Waals surface area contributed by atoms with E-state index in [4.69, 9.17) is 15.2 Å². The van der Waals surface area contributed by atoms with E-state index in [2.05, 4.69) is 6.07 Å². The lowest BCUT2D eigenvalue weighted by molar-refractivity contribution is 0.389. The van der Waals surface area contributed by atoms with Gasteiger partial charge in [-0.25, -0.2) is 0 Å². The molecule has 3 heteroatoms. The number of hydrogen-bond donors (Lipinski definition) is 1. The molecule has 0 aliphatic rings. The van der Waals surface area contributed by atoms with E-state index in [0.717, 1.165) is 29.9 Å². The van der Waals surface area contributed by atoms with E-state index in [1.54, 1.807) is 14.2 Å². The maximum atomic E-state index is 5.50. The van der Waals surface area contributed by atoms with Crippen molar-refractivity contribution in [1.29, 1.82) is 0 Å². The van der Waals surface area contributed by atoms with E-state index >= 15 is 0 Å². The van der Waals surface area contributed by atoms with Crippen LogP contribution in [0.1, 0.15) is 17.5 Å². The van der Waals surface area contributed by atoms with E-state index in [1.807, 2.05) is 13.0 Å². The SMILES string of the molecule is COc1cc(OC)c(CCCN)cc1C. The maximum absolute atomic E-state index is 5.50. The molecule has 0 unspecified atom stereocenters. The molecule has 0 aliphatic heterocycles. The van der Waals surface area contributed by atoms with Gasteiger partial charge in [0.2, 0.25) is 0 Å². The van der Waals surface area contributed by atoms with Gasteiger partial charge in [0.1, 0.15) is 11.5 Å². The second-order valence-electron chi connectivity index (χ2n) is 3.53. The van der Waals surface area contributed by atoms with Crippen molar-refractivity contribution in [1.82, 2.24) is 0 Å². The minimum atomic E-state index is 0.703. The van der Waals surface area contributed by atoms with Crippen molar-refractivity contribution in [3.05, 3.63) is 23.3 Å². The van der Waals surface area contributed by atoms with Crippen LogP contribution in [0, 0.1) is 6.92 Å². The Morgan fingerprint density at radius 3 is 2.33 bits per heavy atom. The van der Waals surface area contributed by atoms with Crippen LogP contribution in [0.15, 0.2) is 12.1 Å². The number of aryl methyl sites for hydroxylation is 2. The summed E-state index contributed by atoms with van der Waals surface area (Å²) in [7, 11) is 3.34. The summed E-state index contributed by atoms with van der Waals surface area (Å²) >= 11 is 0. The molecule has 3 nitrogen and oxygen atoms in total. The third kappa shape index (κ3) is 2.86. The lowest BCUT2D eigenvalue weighted by Gasteiger charge is -2.12. The summed E-state index contributed by atoms with van der Waals surface area (Å²) in [5.41, 5.74) is 7.82. The normalized spacial score (nSPS) is 10.1. The third-order valence-electron chi connectivity index (χ3n) is 2.45. The Hall–Kier alpha value is -1.22. The van der Waals surface area contributed by atoms with Crippen LogP contribution < -0.4 is 15.2 Å². The Bertz CT molecular complexity index is 324. The van der Waals surface area contributed by atoms with E-state index in [1.165, 1.54) is 5.56 Å². The van der Waals surface area contributed by atoms with Gasteiger partial charge in [0.15, 0.2) is 0 Å². The molecule has 0 saturated carbocycles. The molecule has 2 N–H and O–H groups in total. The second-order valence-corrected chi connectivity index (χ2v) is 3.53. The Kier molecular flexibility index (Phi) is 4.43. The fraction of sp³-hybridized carbons (Fsp3) is 0.500. The minimum Gasteiger partial charge on any atom is -0.496 e. The molecule has 0 heterocycles. The van der Waals surface area contributed by atoms with Crippen LogP contribution in [0.4, 0.5) is 0 Å². The number of rotatable bonds is 5. The van der Waals surface area contributed by atoms with Gasteiger partial charge in [-0.15, -0.1) is 0 Å². The zero-order valence-electron chi connectivity index (χ0n) is 9.67. The molecule has 84 valence electrons. The van der Waals surface area contributed by atoms with Gasteiger partial charge in [0.25, 0.3) is 0 Å². The van der Waals surface area contributed by atoms with Gasteiger partial charge in [-0.05, 0) is 43.5 Å². The number of hydrogen-bond acceptors (Lipinski definition) is 3. The van der Waals surface area contributed by atoms with Crippen molar-refractivity contribution in [2.45, 2.75) is 19.8 Å². The molecule has 15 heavy (non-hydrogen) atoms. The molecule has 0 fully saturated rings. The van der Waals surface area contributed by atoms with Crippen molar-refractivity contribution in [3.63, 3.8) is 0 Å². The lowest BCUT2D eigenvalue weighted by Crippen LogP contribution is -2.02. The summed E-state index contributed by atoms with van der Waals surface area (Å²) in [6.07, 6.45) is 1.92. The first-order chi connectivity index (χ1) is 7.22. The van der Waals surface area contributed by atoms with Crippen LogP contribution in [0.3, 0.4) is 0 Å². The average molecular weight is 209 g/mol. The molecular weight excluding hydrogens is 190 g/mol. The predicted molar refractivity (Wildman–Crippen MR) is 61.7 cm³/mol. The Labute approximate surface area is 91.2 Å². The standard InChI is InChI=1S/C12H19NO2/c1-9-7-10(5-4-6-13)12(15-3)8-11(9)14-2/h7-8H,4-6,13H2,1-3H3. The molecule has 0 bridgehead atoms. The van der Waals surface area contributed by atoms with Crippen LogP contribution in [-0.4, -0.2) is 20.8 Å². The van der Waals surface area contributed by atoms with Crippen molar-refractivity contribution >= 4 is 0 Å². The highest BCUT2D eigenvalue weighted by Crippen LogP contribution is 2.29. The molecule has 0 aromatic heterocycles. The Morgan fingerprint density at radius 1 is 1.13 bits per heavy atom. The van der Waals surface area contributed by atoms with Crippen LogP contribution in [0.2, 0.25) is 0 Å². The molecule has 1 aromatic rings. The van der Waals surface area contributed by atoms with E-state index in [9.17, 15) is 0 Å². The fourth-order valence-electron chi connectivity index (χ4n) is 1.63. The van der Waals surface area contributed by atoms with Gasteiger partial charge in [0, 0.05) is 6.07 Å². The third-order valence-corrected chi connectivity index (χ3v) is 2.45. The summed E-state index contributed by atoms with van der Waals surface area (Å²) in [6.45, 7) is 2.73. The smallest absolute Gasteiger partial charge is 0.125 e. The fourth-order valence-corrected chi connectivity index (χ4v) is 1.63. The van der Waals surface area contributed by atoms with Gasteiger partial charge in [-0.1, -0.05) is 0 Å². The minimum absolute atomic E-state index is 0.703. The number of methoxy groups -OCH3 is 2. The average Bonchev–Trinajstić information content (AvgIpc) is 2.26. The molecule has 0 amide bonds. The molecule has 1 aromatic carbocycles. The molecule has 0 saturated heterocycles. The van der Waals surface area contributed by atoms with E-state index < -0.39 is 0 Å². The monoisotopic (exact) mass is 209 g/mol. The Balaban J connectivity index is 2.98. The van der Waals surface area contributed by atoms with E-state index in [0.29, 0.717) is 6.54 Å². The van der Waals surface area contributed by atoms with Crippen molar-refractivity contribution in [2.75, 3.05) is 20.8 Å². The summed E-state index contributed by atoms with van der Waals surface area (Å²) in [6, 6.07) is 4.04. The first-order valence-corrected chi connectivity index (χ1v) is 5.14. The van der Waals surface area contributed by atoms with Crippen molar-refractivity contribution < 1.29 is 9.47 Å². The van der Waals surface area contributed by atoms with Gasteiger partial charge in [0.05, 0.1) is 14.2 Å². The summed E-state index contributed by atoms with van der Waals surface area (Å²) in [5.74, 6) is 1.74. The topological polar surface area (TPSA) is 44.5 Å². The summed E-state index contributed by atoms with van der Waals surface area (Å²) < 4.78 is 10.6. The lowest BCUT2D eigenvalue weighted by atomic mass is 10.0. The highest BCUT2D eigenvalue weighted by Gasteiger charge is 2.07. The molecule has 0 spiro atoms. The maximum Gasteiger partial charge on any atom is 0.125 e. The van der Waals surface area contributed by atoms with Gasteiger partial charge >= 0.3 is 0 Å². The van der Waals surface area contributed by atoms with Gasteiger partial charge in [-0.3, -0.25) is 0 Å². The highest BCUT2D eigenvalue weighted by atomic mass is 16.5. The number of benzene rings is 1. The van der Waals surface area contributed by atoms with Gasteiger partial charge < -0.3 is 15.2 Å². The predicted octanol–water partition coefficient (Wildman–Crippen LogP) is 1.90. The second kappa shape index (κ2) is 5.61. The van der Waals surface area contributed by atoms with Crippen LogP contribution in [-0.2, 0) is 6.42 Å². The van der Waals surface area contributed by atoms with E-state index in [-0.39, 0.29) is 0 Å². The zero-order valence-corrected chi connectivity index (χ0v) is 9.67. The molecule has 0 radical (unpaired) electrons. The molecule has 0 atom stereocenters. The Morgan fingerprint density at radius 2 is 1.80 bits per heavy atom. The van der Waals surface area contributed by atoms with Crippen molar-refractivity contribution in [3.8, 4) is 11.5 Å². The van der Waals surface area contributed by atoms with Crippen LogP contribution in [0.25, 0.3) is 0 Å². The molecule has 1 rings (SSSR count). The number of nitrogens with two attached hydrogens (primary N) is 1. The largest absolute Gasteiger partial charge is 0.496 e. The molecule has 0 aliphatic carbocycles. The number of ether oxygens (including phenoxy) is 2. The zero-order chi connectivity index (χ0) is 11.3. The first kappa shape index (κ1) is 11.9. The summed E-state index contributed by atoms with van der Waals surface area (Å²) in [5, 5.41) is 0. The first-order valence-electron chi connectivity index (χ1n) is 5.14.